The van der Waals surface area contributed by atoms with E-state index in [4.69, 9.17) is 9.47 Å². The van der Waals surface area contributed by atoms with Crippen molar-refractivity contribution in [2.45, 2.75) is 25.2 Å². The number of ether oxygens (including phenoxy) is 2. The Morgan fingerprint density at radius 1 is 1.36 bits per heavy atom. The molecule has 1 saturated heterocycles. The van der Waals surface area contributed by atoms with E-state index >= 15 is 0 Å². The highest BCUT2D eigenvalue weighted by Gasteiger charge is 2.28. The van der Waals surface area contributed by atoms with Gasteiger partial charge in [-0.15, -0.1) is 0 Å². The number of carbonyl (C=O) groups is 1. The van der Waals surface area contributed by atoms with Gasteiger partial charge in [0.25, 0.3) is 5.91 Å². The second-order valence-electron chi connectivity index (χ2n) is 5.25. The number of aromatic nitrogens is 2. The zero-order valence-corrected chi connectivity index (χ0v) is 12.2. The van der Waals surface area contributed by atoms with Gasteiger partial charge in [-0.3, -0.25) is 9.89 Å². The average Bonchev–Trinajstić information content (AvgIpc) is 3.10. The Bertz CT molecular complexity index is 586. The van der Waals surface area contributed by atoms with Crippen LogP contribution >= 0.6 is 0 Å². The van der Waals surface area contributed by atoms with Crippen LogP contribution in [0.3, 0.4) is 0 Å². The lowest BCUT2D eigenvalue weighted by molar-refractivity contribution is -0.0736. The zero-order chi connectivity index (χ0) is 15.2. The predicted molar refractivity (Wildman–Crippen MR) is 80.3 cm³/mol. The van der Waals surface area contributed by atoms with Crippen molar-refractivity contribution in [3.63, 3.8) is 0 Å². The number of aromatic amines is 1. The smallest absolute Gasteiger partial charge is 0.269 e. The van der Waals surface area contributed by atoms with Gasteiger partial charge in [0.1, 0.15) is 11.8 Å². The number of benzene rings is 1. The molecule has 0 saturated carbocycles. The van der Waals surface area contributed by atoms with Crippen LogP contribution in [0.1, 0.15) is 22.5 Å². The number of rotatable bonds is 5. The highest BCUT2D eigenvalue weighted by Crippen LogP contribution is 2.14. The molecule has 2 heterocycles. The van der Waals surface area contributed by atoms with Crippen molar-refractivity contribution < 1.29 is 14.3 Å². The monoisotopic (exact) mass is 301 g/mol. The van der Waals surface area contributed by atoms with E-state index in [1.54, 1.807) is 12.3 Å². The van der Waals surface area contributed by atoms with Crippen molar-refractivity contribution in [2.75, 3.05) is 13.2 Å². The van der Waals surface area contributed by atoms with Gasteiger partial charge in [0.2, 0.25) is 0 Å². The summed E-state index contributed by atoms with van der Waals surface area (Å²) in [6.45, 7) is 1.62. The first-order chi connectivity index (χ1) is 10.8. The minimum atomic E-state index is -0.169. The Balaban J connectivity index is 1.57. The van der Waals surface area contributed by atoms with Gasteiger partial charge < -0.3 is 14.8 Å². The molecular formula is C16H19N3O3. The molecule has 1 aromatic heterocycles. The van der Waals surface area contributed by atoms with E-state index in [0.29, 0.717) is 25.5 Å². The second kappa shape index (κ2) is 7.20. The predicted octanol–water partition coefficient (Wildman–Crippen LogP) is 1.51. The van der Waals surface area contributed by atoms with Crippen molar-refractivity contribution in [1.29, 1.82) is 0 Å². The molecule has 2 aromatic rings. The highest BCUT2D eigenvalue weighted by molar-refractivity contribution is 5.92. The lowest BCUT2D eigenvalue weighted by atomic mass is 10.1. The number of hydrogen-bond donors (Lipinski definition) is 2. The summed E-state index contributed by atoms with van der Waals surface area (Å²) < 4.78 is 11.4. The molecule has 116 valence electrons. The molecule has 2 atom stereocenters. The standard InChI is InChI=1S/C16H19N3O3/c20-16(14-6-8-17-19-14)18-13-7-9-21-11-15(13)22-10-12-4-2-1-3-5-12/h1-6,8,13,15H,7,9-11H2,(H,17,19)(H,18,20)/t13-,15-/m1/s1. The second-order valence-corrected chi connectivity index (χ2v) is 5.25. The van der Waals surface area contributed by atoms with Crippen LogP contribution in [0, 0.1) is 0 Å². The van der Waals surface area contributed by atoms with Crippen LogP contribution in [0.4, 0.5) is 0 Å². The number of hydrogen-bond acceptors (Lipinski definition) is 4. The molecule has 2 N–H and O–H groups in total. The molecule has 0 bridgehead atoms. The summed E-state index contributed by atoms with van der Waals surface area (Å²) in [6, 6.07) is 11.5. The van der Waals surface area contributed by atoms with Crippen molar-refractivity contribution in [1.82, 2.24) is 15.5 Å². The van der Waals surface area contributed by atoms with E-state index in [9.17, 15) is 4.79 Å². The van der Waals surface area contributed by atoms with Gasteiger partial charge in [-0.25, -0.2) is 0 Å². The van der Waals surface area contributed by atoms with Crippen LogP contribution in [0.5, 0.6) is 0 Å². The lowest BCUT2D eigenvalue weighted by Crippen LogP contribution is -2.50. The molecule has 0 unspecified atom stereocenters. The molecule has 0 radical (unpaired) electrons. The molecule has 22 heavy (non-hydrogen) atoms. The third-order valence-corrected chi connectivity index (χ3v) is 3.67. The minimum Gasteiger partial charge on any atom is -0.379 e. The molecule has 6 heteroatoms. The summed E-state index contributed by atoms with van der Waals surface area (Å²) in [5.74, 6) is -0.169. The van der Waals surface area contributed by atoms with E-state index in [1.807, 2.05) is 30.3 Å². The van der Waals surface area contributed by atoms with Gasteiger partial charge in [-0.2, -0.15) is 5.10 Å². The van der Waals surface area contributed by atoms with Crippen LogP contribution in [0.2, 0.25) is 0 Å². The molecule has 1 aliphatic rings. The molecule has 1 amide bonds. The maximum atomic E-state index is 12.1. The van der Waals surface area contributed by atoms with Gasteiger partial charge >= 0.3 is 0 Å². The van der Waals surface area contributed by atoms with E-state index in [0.717, 1.165) is 12.0 Å². The lowest BCUT2D eigenvalue weighted by Gasteiger charge is -2.32. The van der Waals surface area contributed by atoms with Crippen LogP contribution in [-0.4, -0.2) is 41.5 Å². The first-order valence-electron chi connectivity index (χ1n) is 7.36. The Morgan fingerprint density at radius 3 is 3.00 bits per heavy atom. The number of amides is 1. The Kier molecular flexibility index (Phi) is 4.82. The Morgan fingerprint density at radius 2 is 2.23 bits per heavy atom. The van der Waals surface area contributed by atoms with Crippen LogP contribution < -0.4 is 5.32 Å². The molecule has 3 rings (SSSR count). The van der Waals surface area contributed by atoms with Gasteiger partial charge in [0.15, 0.2) is 0 Å². The van der Waals surface area contributed by atoms with E-state index in [1.165, 1.54) is 0 Å². The topological polar surface area (TPSA) is 76.2 Å². The van der Waals surface area contributed by atoms with Crippen LogP contribution in [-0.2, 0) is 16.1 Å². The quantitative estimate of drug-likeness (QED) is 0.878. The van der Waals surface area contributed by atoms with Crippen molar-refractivity contribution in [3.05, 3.63) is 53.9 Å². The number of nitrogens with one attached hydrogen (secondary N) is 2. The van der Waals surface area contributed by atoms with Crippen LogP contribution in [0.15, 0.2) is 42.6 Å². The SMILES string of the molecule is O=C(N[C@@H]1CCOC[C@H]1OCc1ccccc1)c1ccn[nH]1. The minimum absolute atomic E-state index is 0.0618. The largest absolute Gasteiger partial charge is 0.379 e. The maximum absolute atomic E-state index is 12.1. The first-order valence-corrected chi connectivity index (χ1v) is 7.36. The third-order valence-electron chi connectivity index (χ3n) is 3.67. The fourth-order valence-corrected chi connectivity index (χ4v) is 2.45. The summed E-state index contributed by atoms with van der Waals surface area (Å²) in [4.78, 5) is 12.1. The fourth-order valence-electron chi connectivity index (χ4n) is 2.45. The summed E-state index contributed by atoms with van der Waals surface area (Å²) in [6.07, 6.45) is 2.14. The Hall–Kier alpha value is -2.18. The molecule has 0 aliphatic carbocycles. The van der Waals surface area contributed by atoms with Gasteiger partial charge in [-0.1, -0.05) is 30.3 Å². The third kappa shape index (κ3) is 3.72. The molecule has 1 aromatic carbocycles. The van der Waals surface area contributed by atoms with Crippen molar-refractivity contribution in [2.24, 2.45) is 0 Å². The normalized spacial score (nSPS) is 21.5. The first kappa shape index (κ1) is 14.7. The zero-order valence-electron chi connectivity index (χ0n) is 12.2. The van der Waals surface area contributed by atoms with E-state index in [-0.39, 0.29) is 18.1 Å². The summed E-state index contributed by atoms with van der Waals surface area (Å²) in [5.41, 5.74) is 1.56. The number of nitrogens with zero attached hydrogens (tertiary/aromatic N) is 1. The molecule has 6 nitrogen and oxygen atoms in total. The highest BCUT2D eigenvalue weighted by atomic mass is 16.5. The van der Waals surface area contributed by atoms with Crippen LogP contribution in [0.25, 0.3) is 0 Å². The summed E-state index contributed by atoms with van der Waals surface area (Å²) in [5, 5.41) is 9.45. The number of H-pyrrole nitrogens is 1. The fraction of sp³-hybridized carbons (Fsp3) is 0.375. The molecule has 0 spiro atoms. The molecule has 1 fully saturated rings. The van der Waals surface area contributed by atoms with Gasteiger partial charge in [0.05, 0.1) is 19.3 Å². The molecular weight excluding hydrogens is 282 g/mol. The summed E-state index contributed by atoms with van der Waals surface area (Å²) >= 11 is 0. The molecule has 1 aliphatic heterocycles. The maximum Gasteiger partial charge on any atom is 0.269 e. The van der Waals surface area contributed by atoms with Crippen molar-refractivity contribution in [3.8, 4) is 0 Å². The van der Waals surface area contributed by atoms with Crippen molar-refractivity contribution >= 4 is 5.91 Å². The number of carbonyl (C=O) groups excluding carboxylic acids is 1. The van der Waals surface area contributed by atoms with Gasteiger partial charge in [0, 0.05) is 12.8 Å². The average molecular weight is 301 g/mol. The summed E-state index contributed by atoms with van der Waals surface area (Å²) in [7, 11) is 0. The Labute approximate surface area is 128 Å². The van der Waals surface area contributed by atoms with E-state index in [2.05, 4.69) is 15.5 Å². The van der Waals surface area contributed by atoms with E-state index < -0.39 is 0 Å². The van der Waals surface area contributed by atoms with Gasteiger partial charge in [-0.05, 0) is 18.1 Å².